The van der Waals surface area contributed by atoms with Crippen molar-refractivity contribution in [2.75, 3.05) is 24.4 Å². The second-order valence-corrected chi connectivity index (χ2v) is 7.41. The number of hydrogen-bond acceptors (Lipinski definition) is 5. The van der Waals surface area contributed by atoms with Crippen LogP contribution in [-0.2, 0) is 9.59 Å². The van der Waals surface area contributed by atoms with E-state index in [4.69, 9.17) is 14.2 Å². The van der Waals surface area contributed by atoms with Crippen molar-refractivity contribution in [1.29, 1.82) is 0 Å². The molecule has 0 spiro atoms. The van der Waals surface area contributed by atoms with Crippen molar-refractivity contribution in [3.05, 3.63) is 72.8 Å². The number of methoxy groups -OCH3 is 1. The molecule has 1 aliphatic rings. The van der Waals surface area contributed by atoms with Crippen LogP contribution in [0.5, 0.6) is 23.0 Å². The molecule has 2 N–H and O–H groups in total. The van der Waals surface area contributed by atoms with Crippen molar-refractivity contribution in [3.8, 4) is 23.0 Å². The molecule has 164 valence electrons. The van der Waals surface area contributed by atoms with E-state index in [9.17, 15) is 9.59 Å². The van der Waals surface area contributed by atoms with Gasteiger partial charge in [0.1, 0.15) is 11.5 Å². The number of nitrogens with one attached hydrogen (secondary N) is 2. The van der Waals surface area contributed by atoms with E-state index >= 15 is 0 Å². The van der Waals surface area contributed by atoms with Crippen LogP contribution in [0, 0.1) is 5.92 Å². The lowest BCUT2D eigenvalue weighted by Gasteiger charge is -2.11. The van der Waals surface area contributed by atoms with Gasteiger partial charge in [0, 0.05) is 23.4 Å². The number of carbonyl (C=O) groups is 2. The SMILES string of the molecule is COc1ccccc1Oc1ccc(NC(=O)COc2cccc(NC(=O)C3CC3)c2)cc1. The van der Waals surface area contributed by atoms with Gasteiger partial charge in [-0.25, -0.2) is 0 Å². The lowest BCUT2D eigenvalue weighted by atomic mass is 10.3. The fourth-order valence-electron chi connectivity index (χ4n) is 3.04. The molecule has 1 fully saturated rings. The minimum atomic E-state index is -0.296. The first-order valence-electron chi connectivity index (χ1n) is 10.4. The lowest BCUT2D eigenvalue weighted by molar-refractivity contribution is -0.118. The molecule has 4 rings (SSSR count). The molecule has 3 aromatic carbocycles. The molecular weight excluding hydrogens is 408 g/mol. The number of rotatable bonds is 9. The highest BCUT2D eigenvalue weighted by Crippen LogP contribution is 2.32. The van der Waals surface area contributed by atoms with Gasteiger partial charge in [0.15, 0.2) is 18.1 Å². The predicted molar refractivity (Wildman–Crippen MR) is 121 cm³/mol. The average molecular weight is 432 g/mol. The van der Waals surface area contributed by atoms with Gasteiger partial charge in [-0.2, -0.15) is 0 Å². The highest BCUT2D eigenvalue weighted by Gasteiger charge is 2.29. The van der Waals surface area contributed by atoms with Crippen LogP contribution in [0.4, 0.5) is 11.4 Å². The van der Waals surface area contributed by atoms with Gasteiger partial charge in [0.2, 0.25) is 5.91 Å². The van der Waals surface area contributed by atoms with Crippen molar-refractivity contribution in [1.82, 2.24) is 0 Å². The number of amides is 2. The van der Waals surface area contributed by atoms with Gasteiger partial charge in [0.05, 0.1) is 7.11 Å². The third kappa shape index (κ3) is 5.78. The largest absolute Gasteiger partial charge is 0.493 e. The van der Waals surface area contributed by atoms with Crippen molar-refractivity contribution in [2.45, 2.75) is 12.8 Å². The van der Waals surface area contributed by atoms with Crippen LogP contribution in [0.2, 0.25) is 0 Å². The maximum atomic E-state index is 12.3. The Morgan fingerprint density at radius 3 is 2.31 bits per heavy atom. The van der Waals surface area contributed by atoms with E-state index < -0.39 is 0 Å². The normalized spacial score (nSPS) is 12.5. The van der Waals surface area contributed by atoms with Crippen molar-refractivity contribution >= 4 is 23.2 Å². The van der Waals surface area contributed by atoms with Gasteiger partial charge >= 0.3 is 0 Å². The second kappa shape index (κ2) is 9.87. The highest BCUT2D eigenvalue weighted by atomic mass is 16.5. The third-order valence-corrected chi connectivity index (χ3v) is 4.85. The summed E-state index contributed by atoms with van der Waals surface area (Å²) in [6.45, 7) is -0.153. The molecule has 0 aromatic heterocycles. The minimum absolute atomic E-state index is 0.0260. The first-order valence-corrected chi connectivity index (χ1v) is 10.4. The Balaban J connectivity index is 1.27. The predicted octanol–water partition coefficient (Wildman–Crippen LogP) is 4.85. The second-order valence-electron chi connectivity index (χ2n) is 7.41. The van der Waals surface area contributed by atoms with Crippen LogP contribution in [0.3, 0.4) is 0 Å². The molecule has 2 amide bonds. The molecule has 3 aromatic rings. The van der Waals surface area contributed by atoms with Crippen LogP contribution in [-0.4, -0.2) is 25.5 Å². The van der Waals surface area contributed by atoms with Crippen molar-refractivity contribution in [2.24, 2.45) is 5.92 Å². The molecule has 0 bridgehead atoms. The Morgan fingerprint density at radius 1 is 0.844 bits per heavy atom. The molecule has 7 nitrogen and oxygen atoms in total. The van der Waals surface area contributed by atoms with E-state index in [-0.39, 0.29) is 24.3 Å². The van der Waals surface area contributed by atoms with Crippen LogP contribution < -0.4 is 24.8 Å². The summed E-state index contributed by atoms with van der Waals surface area (Å²) in [6, 6.07) is 21.4. The molecule has 0 aliphatic heterocycles. The maximum absolute atomic E-state index is 12.3. The standard InChI is InChI=1S/C25H24N2O5/c1-30-22-7-2-3-8-23(22)32-20-13-11-18(12-14-20)26-24(28)16-31-21-6-4-5-19(15-21)27-25(29)17-9-10-17/h2-8,11-15,17H,9-10,16H2,1H3,(H,26,28)(H,27,29). The van der Waals surface area contributed by atoms with Gasteiger partial charge in [-0.05, 0) is 61.4 Å². The number of hydrogen-bond donors (Lipinski definition) is 2. The number of ether oxygens (including phenoxy) is 3. The van der Waals surface area contributed by atoms with E-state index in [0.717, 1.165) is 12.8 Å². The fourth-order valence-corrected chi connectivity index (χ4v) is 3.04. The number of benzene rings is 3. The molecule has 1 saturated carbocycles. The van der Waals surface area contributed by atoms with Gasteiger partial charge in [0.25, 0.3) is 5.91 Å². The molecule has 0 radical (unpaired) electrons. The van der Waals surface area contributed by atoms with Gasteiger partial charge in [-0.1, -0.05) is 18.2 Å². The lowest BCUT2D eigenvalue weighted by Crippen LogP contribution is -2.20. The monoisotopic (exact) mass is 432 g/mol. The summed E-state index contributed by atoms with van der Waals surface area (Å²) in [5.41, 5.74) is 1.28. The minimum Gasteiger partial charge on any atom is -0.493 e. The Labute approximate surface area is 186 Å². The number of anilines is 2. The molecule has 0 unspecified atom stereocenters. The Hall–Kier alpha value is -4.00. The third-order valence-electron chi connectivity index (χ3n) is 4.85. The first-order chi connectivity index (χ1) is 15.6. The summed E-state index contributed by atoms with van der Waals surface area (Å²) in [6.07, 6.45) is 1.88. The zero-order valence-electron chi connectivity index (χ0n) is 17.7. The molecule has 0 heterocycles. The quantitative estimate of drug-likeness (QED) is 0.505. The Kier molecular flexibility index (Phi) is 6.55. The fraction of sp³-hybridized carbons (Fsp3) is 0.200. The summed E-state index contributed by atoms with van der Waals surface area (Å²) < 4.78 is 16.7. The number of carbonyl (C=O) groups excluding carboxylic acids is 2. The summed E-state index contributed by atoms with van der Waals surface area (Å²) in [5, 5.41) is 5.64. The van der Waals surface area contributed by atoms with Crippen molar-refractivity contribution in [3.63, 3.8) is 0 Å². The molecule has 0 atom stereocenters. The van der Waals surface area contributed by atoms with E-state index in [2.05, 4.69) is 10.6 Å². The maximum Gasteiger partial charge on any atom is 0.262 e. The summed E-state index contributed by atoms with van der Waals surface area (Å²) in [4.78, 5) is 24.1. The zero-order valence-corrected chi connectivity index (χ0v) is 17.7. The van der Waals surface area contributed by atoms with Crippen LogP contribution in [0.25, 0.3) is 0 Å². The Morgan fingerprint density at radius 2 is 1.59 bits per heavy atom. The molecule has 0 saturated heterocycles. The molecule has 1 aliphatic carbocycles. The number of para-hydroxylation sites is 2. The van der Waals surface area contributed by atoms with E-state index in [1.807, 2.05) is 24.3 Å². The van der Waals surface area contributed by atoms with E-state index in [1.54, 1.807) is 55.6 Å². The molecule has 32 heavy (non-hydrogen) atoms. The Bertz CT molecular complexity index is 1090. The van der Waals surface area contributed by atoms with Gasteiger partial charge < -0.3 is 24.8 Å². The molecule has 7 heteroatoms. The highest BCUT2D eigenvalue weighted by molar-refractivity contribution is 5.94. The van der Waals surface area contributed by atoms with Crippen molar-refractivity contribution < 1.29 is 23.8 Å². The van der Waals surface area contributed by atoms with Crippen LogP contribution >= 0.6 is 0 Å². The van der Waals surface area contributed by atoms with E-state index in [0.29, 0.717) is 34.4 Å². The summed E-state index contributed by atoms with van der Waals surface area (Å²) >= 11 is 0. The van der Waals surface area contributed by atoms with E-state index in [1.165, 1.54) is 0 Å². The van der Waals surface area contributed by atoms with Crippen LogP contribution in [0.15, 0.2) is 72.8 Å². The molecular formula is C25H24N2O5. The topological polar surface area (TPSA) is 85.9 Å². The summed E-state index contributed by atoms with van der Waals surface area (Å²) in [5.74, 6) is 2.22. The first kappa shape index (κ1) is 21.2. The summed E-state index contributed by atoms with van der Waals surface area (Å²) in [7, 11) is 1.59. The smallest absolute Gasteiger partial charge is 0.262 e. The van der Waals surface area contributed by atoms with Gasteiger partial charge in [-0.15, -0.1) is 0 Å². The van der Waals surface area contributed by atoms with Crippen LogP contribution in [0.1, 0.15) is 12.8 Å². The van der Waals surface area contributed by atoms with Gasteiger partial charge in [-0.3, -0.25) is 9.59 Å². The average Bonchev–Trinajstić information content (AvgIpc) is 3.65. The zero-order chi connectivity index (χ0) is 22.3.